The maximum Gasteiger partial charge on any atom is 0.0556 e. The number of thioether (sulfide) groups is 1. The highest BCUT2D eigenvalue weighted by Crippen LogP contribution is 2.32. The highest BCUT2D eigenvalue weighted by atomic mass is 32.2. The molecule has 1 aromatic rings. The van der Waals surface area contributed by atoms with Gasteiger partial charge in [-0.3, -0.25) is 11.3 Å². The van der Waals surface area contributed by atoms with Crippen molar-refractivity contribution in [3.8, 4) is 0 Å². The summed E-state index contributed by atoms with van der Waals surface area (Å²) in [6, 6.07) is 4.75. The predicted molar refractivity (Wildman–Crippen MR) is 73.8 cm³/mol. The predicted octanol–water partition coefficient (Wildman–Crippen LogP) is 3.09. The molecule has 1 aliphatic rings. The van der Waals surface area contributed by atoms with E-state index in [0.717, 1.165) is 5.92 Å². The average Bonchev–Trinajstić information content (AvgIpc) is 2.74. The normalized spacial score (nSPS) is 19.9. The van der Waals surface area contributed by atoms with Crippen molar-refractivity contribution in [2.45, 2.75) is 32.2 Å². The van der Waals surface area contributed by atoms with Crippen molar-refractivity contribution in [2.24, 2.45) is 11.8 Å². The Bertz CT molecular complexity index is 319. The summed E-state index contributed by atoms with van der Waals surface area (Å²) in [7, 11) is 0. The molecule has 1 atom stereocenters. The second-order valence-corrected chi connectivity index (χ2v) is 7.00. The molecular formula is C12H20N2S2. The number of thiophene rings is 1. The molecule has 2 heterocycles. The van der Waals surface area contributed by atoms with Crippen LogP contribution in [0.25, 0.3) is 0 Å². The van der Waals surface area contributed by atoms with E-state index in [2.05, 4.69) is 36.2 Å². The number of nitrogens with two attached hydrogens (primary N) is 1. The first-order valence-corrected chi connectivity index (χ1v) is 7.87. The van der Waals surface area contributed by atoms with E-state index in [1.807, 2.05) is 11.3 Å². The Morgan fingerprint density at radius 1 is 1.44 bits per heavy atom. The fourth-order valence-electron chi connectivity index (χ4n) is 2.22. The maximum atomic E-state index is 5.68. The van der Waals surface area contributed by atoms with Gasteiger partial charge in [0.2, 0.25) is 0 Å². The molecule has 0 aliphatic carbocycles. The SMILES string of the molecule is Cc1ccc(C(CC2CCSCC2)NN)s1. The Hall–Kier alpha value is -0.0300. The molecule has 0 spiro atoms. The Labute approximate surface area is 106 Å². The molecule has 3 N–H and O–H groups in total. The highest BCUT2D eigenvalue weighted by Gasteiger charge is 2.20. The van der Waals surface area contributed by atoms with E-state index in [1.165, 1.54) is 40.5 Å². The highest BCUT2D eigenvalue weighted by molar-refractivity contribution is 7.99. The molecule has 0 amide bonds. The lowest BCUT2D eigenvalue weighted by Gasteiger charge is -2.25. The monoisotopic (exact) mass is 256 g/mol. The first-order chi connectivity index (χ1) is 7.79. The van der Waals surface area contributed by atoms with Crippen LogP contribution in [-0.4, -0.2) is 11.5 Å². The third-order valence-corrected chi connectivity index (χ3v) is 5.38. The summed E-state index contributed by atoms with van der Waals surface area (Å²) in [5.74, 6) is 9.18. The van der Waals surface area contributed by atoms with Crippen LogP contribution in [0.1, 0.15) is 35.1 Å². The van der Waals surface area contributed by atoms with Gasteiger partial charge in [-0.1, -0.05) is 0 Å². The van der Waals surface area contributed by atoms with Crippen LogP contribution >= 0.6 is 23.1 Å². The first kappa shape index (κ1) is 12.4. The van der Waals surface area contributed by atoms with Crippen LogP contribution in [0.3, 0.4) is 0 Å². The van der Waals surface area contributed by atoms with Gasteiger partial charge in [0.1, 0.15) is 0 Å². The Morgan fingerprint density at radius 3 is 2.75 bits per heavy atom. The average molecular weight is 256 g/mol. The van der Waals surface area contributed by atoms with Gasteiger partial charge in [-0.2, -0.15) is 11.8 Å². The van der Waals surface area contributed by atoms with E-state index in [0.29, 0.717) is 6.04 Å². The summed E-state index contributed by atoms with van der Waals surface area (Å²) in [6.07, 6.45) is 3.90. The van der Waals surface area contributed by atoms with Gasteiger partial charge in [-0.15, -0.1) is 11.3 Å². The minimum absolute atomic E-state index is 0.354. The van der Waals surface area contributed by atoms with Gasteiger partial charge in [0.25, 0.3) is 0 Å². The summed E-state index contributed by atoms with van der Waals surface area (Å²) >= 11 is 3.95. The van der Waals surface area contributed by atoms with Crippen molar-refractivity contribution in [1.29, 1.82) is 0 Å². The minimum atomic E-state index is 0.354. The van der Waals surface area contributed by atoms with Crippen LogP contribution < -0.4 is 11.3 Å². The van der Waals surface area contributed by atoms with E-state index < -0.39 is 0 Å². The van der Waals surface area contributed by atoms with Crippen LogP contribution in [-0.2, 0) is 0 Å². The summed E-state index contributed by atoms with van der Waals surface area (Å²) < 4.78 is 0. The van der Waals surface area contributed by atoms with Crippen LogP contribution in [0.5, 0.6) is 0 Å². The molecule has 2 rings (SSSR count). The van der Waals surface area contributed by atoms with E-state index in [9.17, 15) is 0 Å². The molecule has 1 unspecified atom stereocenters. The third kappa shape index (κ3) is 3.23. The molecule has 0 aromatic carbocycles. The maximum absolute atomic E-state index is 5.68. The summed E-state index contributed by atoms with van der Waals surface area (Å²) in [6.45, 7) is 2.15. The number of rotatable bonds is 4. The van der Waals surface area contributed by atoms with Gasteiger partial charge in [0, 0.05) is 9.75 Å². The van der Waals surface area contributed by atoms with E-state index in [4.69, 9.17) is 5.84 Å². The third-order valence-electron chi connectivity index (χ3n) is 3.22. The van der Waals surface area contributed by atoms with Crippen molar-refractivity contribution >= 4 is 23.1 Å². The van der Waals surface area contributed by atoms with Crippen LogP contribution in [0, 0.1) is 12.8 Å². The van der Waals surface area contributed by atoms with E-state index in [-0.39, 0.29) is 0 Å². The molecule has 4 heteroatoms. The topological polar surface area (TPSA) is 38.0 Å². The zero-order valence-corrected chi connectivity index (χ0v) is 11.4. The molecule has 1 saturated heterocycles. The minimum Gasteiger partial charge on any atom is -0.271 e. The number of aryl methyl sites for hydroxylation is 1. The Morgan fingerprint density at radius 2 is 2.19 bits per heavy atom. The van der Waals surface area contributed by atoms with E-state index >= 15 is 0 Å². The summed E-state index contributed by atoms with van der Waals surface area (Å²) in [5, 5.41) is 0. The largest absolute Gasteiger partial charge is 0.271 e. The number of nitrogens with one attached hydrogen (secondary N) is 1. The lowest BCUT2D eigenvalue weighted by atomic mass is 9.94. The lowest BCUT2D eigenvalue weighted by molar-refractivity contribution is 0.377. The molecular weight excluding hydrogens is 236 g/mol. The molecule has 1 aromatic heterocycles. The van der Waals surface area contributed by atoms with Crippen molar-refractivity contribution in [1.82, 2.24) is 5.43 Å². The standard InChI is InChI=1S/C12H20N2S2/c1-9-2-3-12(16-9)11(14-13)8-10-4-6-15-7-5-10/h2-3,10-11,14H,4-8,13H2,1H3. The quantitative estimate of drug-likeness (QED) is 0.642. The number of hydrogen-bond acceptors (Lipinski definition) is 4. The summed E-state index contributed by atoms with van der Waals surface area (Å²) in [5.41, 5.74) is 2.98. The van der Waals surface area contributed by atoms with Crippen LogP contribution in [0.2, 0.25) is 0 Å². The molecule has 16 heavy (non-hydrogen) atoms. The second-order valence-electron chi connectivity index (χ2n) is 4.46. The van der Waals surface area contributed by atoms with Crippen molar-refractivity contribution < 1.29 is 0 Å². The second kappa shape index (κ2) is 6.05. The van der Waals surface area contributed by atoms with Crippen LogP contribution in [0.4, 0.5) is 0 Å². The zero-order valence-electron chi connectivity index (χ0n) is 9.74. The fraction of sp³-hybridized carbons (Fsp3) is 0.667. The number of hydrazine groups is 1. The van der Waals surface area contributed by atoms with Gasteiger partial charge in [-0.25, -0.2) is 0 Å². The molecule has 90 valence electrons. The van der Waals surface area contributed by atoms with Crippen molar-refractivity contribution in [3.05, 3.63) is 21.9 Å². The zero-order chi connectivity index (χ0) is 11.4. The van der Waals surface area contributed by atoms with Gasteiger partial charge in [0.05, 0.1) is 6.04 Å². The Balaban J connectivity index is 1.94. The molecule has 1 aliphatic heterocycles. The smallest absolute Gasteiger partial charge is 0.0556 e. The molecule has 0 bridgehead atoms. The number of hydrogen-bond donors (Lipinski definition) is 2. The fourth-order valence-corrected chi connectivity index (χ4v) is 4.38. The van der Waals surface area contributed by atoms with E-state index in [1.54, 1.807) is 0 Å². The first-order valence-electron chi connectivity index (χ1n) is 5.90. The van der Waals surface area contributed by atoms with Gasteiger partial charge >= 0.3 is 0 Å². The van der Waals surface area contributed by atoms with Gasteiger partial charge < -0.3 is 0 Å². The van der Waals surface area contributed by atoms with Crippen molar-refractivity contribution in [3.63, 3.8) is 0 Å². The molecule has 2 nitrogen and oxygen atoms in total. The van der Waals surface area contributed by atoms with Crippen molar-refractivity contribution in [2.75, 3.05) is 11.5 Å². The van der Waals surface area contributed by atoms with Gasteiger partial charge in [0.15, 0.2) is 0 Å². The van der Waals surface area contributed by atoms with Crippen LogP contribution in [0.15, 0.2) is 12.1 Å². The molecule has 0 saturated carbocycles. The van der Waals surface area contributed by atoms with Gasteiger partial charge in [-0.05, 0) is 55.7 Å². The molecule has 1 fully saturated rings. The summed E-state index contributed by atoms with van der Waals surface area (Å²) in [4.78, 5) is 2.76. The molecule has 0 radical (unpaired) electrons. The Kier molecular flexibility index (Phi) is 4.70. The lowest BCUT2D eigenvalue weighted by Crippen LogP contribution is -2.29.